The Morgan fingerprint density at radius 1 is 1.42 bits per heavy atom. The summed E-state index contributed by atoms with van der Waals surface area (Å²) in [7, 11) is 0. The number of fused-ring (bicyclic) bond motifs is 1. The van der Waals surface area contributed by atoms with Gasteiger partial charge in [-0.05, 0) is 38.7 Å². The van der Waals surface area contributed by atoms with Gasteiger partial charge >= 0.3 is 0 Å². The van der Waals surface area contributed by atoms with Crippen LogP contribution in [0.3, 0.4) is 0 Å². The highest BCUT2D eigenvalue weighted by atomic mass is 79.9. The third-order valence-corrected chi connectivity index (χ3v) is 5.61. The Bertz CT molecular complexity index is 596. The summed E-state index contributed by atoms with van der Waals surface area (Å²) in [6.07, 6.45) is 5.45. The molecule has 1 aliphatic heterocycles. The van der Waals surface area contributed by atoms with Gasteiger partial charge in [-0.15, -0.1) is 11.3 Å². The molecule has 1 fully saturated rings. The summed E-state index contributed by atoms with van der Waals surface area (Å²) in [6.45, 7) is 5.49. The Labute approximate surface area is 126 Å². The lowest BCUT2D eigenvalue weighted by Gasteiger charge is -2.26. The molecule has 5 heteroatoms. The van der Waals surface area contributed by atoms with Crippen LogP contribution in [0.2, 0.25) is 0 Å². The topological polar surface area (TPSA) is 29.0 Å². The van der Waals surface area contributed by atoms with Crippen LogP contribution in [0.4, 0.5) is 5.82 Å². The number of anilines is 1. The minimum Gasteiger partial charge on any atom is -0.353 e. The molecule has 1 unspecified atom stereocenters. The van der Waals surface area contributed by atoms with E-state index in [4.69, 9.17) is 0 Å². The number of hydrogen-bond donors (Lipinski definition) is 0. The van der Waals surface area contributed by atoms with Crippen LogP contribution in [0.1, 0.15) is 29.7 Å². The average molecular weight is 340 g/mol. The summed E-state index contributed by atoms with van der Waals surface area (Å²) in [5, 5.41) is 2.33. The summed E-state index contributed by atoms with van der Waals surface area (Å²) in [6, 6.07) is 0.622. The van der Waals surface area contributed by atoms with Crippen molar-refractivity contribution in [2.75, 3.05) is 16.8 Å². The second-order valence-electron chi connectivity index (χ2n) is 5.13. The number of halogens is 1. The van der Waals surface area contributed by atoms with E-state index in [1.807, 2.05) is 0 Å². The highest BCUT2D eigenvalue weighted by Crippen LogP contribution is 2.37. The molecule has 102 valence electrons. The molecule has 3 heterocycles. The van der Waals surface area contributed by atoms with Gasteiger partial charge in [-0.25, -0.2) is 9.97 Å². The fourth-order valence-corrected chi connectivity index (χ4v) is 4.44. The number of hydrogen-bond acceptors (Lipinski definition) is 4. The molecule has 2 aromatic heterocycles. The summed E-state index contributed by atoms with van der Waals surface area (Å²) in [5.74, 6) is 1.15. The van der Waals surface area contributed by atoms with E-state index in [-0.39, 0.29) is 0 Å². The van der Waals surface area contributed by atoms with Gasteiger partial charge < -0.3 is 4.90 Å². The van der Waals surface area contributed by atoms with E-state index >= 15 is 0 Å². The summed E-state index contributed by atoms with van der Waals surface area (Å²) < 4.78 is 0. The maximum Gasteiger partial charge on any atom is 0.141 e. The number of thiophene rings is 1. The normalized spacial score (nSPS) is 19.5. The molecular weight excluding hydrogens is 322 g/mol. The molecule has 0 aromatic carbocycles. The molecule has 1 saturated heterocycles. The van der Waals surface area contributed by atoms with Crippen molar-refractivity contribution in [3.05, 3.63) is 16.8 Å². The third kappa shape index (κ3) is 2.27. The minimum atomic E-state index is 0.622. The monoisotopic (exact) mass is 339 g/mol. The number of aryl methyl sites for hydroxylation is 2. The Morgan fingerprint density at radius 3 is 3.05 bits per heavy atom. The molecule has 3 nitrogen and oxygen atoms in total. The Hall–Kier alpha value is -0.680. The van der Waals surface area contributed by atoms with Crippen LogP contribution >= 0.6 is 27.3 Å². The molecule has 2 aromatic rings. The fourth-order valence-electron chi connectivity index (χ4n) is 2.92. The average Bonchev–Trinajstić information content (AvgIpc) is 2.96. The molecule has 1 atom stereocenters. The van der Waals surface area contributed by atoms with Crippen molar-refractivity contribution in [2.45, 2.75) is 39.2 Å². The molecule has 0 saturated carbocycles. The second-order valence-corrected chi connectivity index (χ2v) is 7.12. The van der Waals surface area contributed by atoms with Crippen molar-refractivity contribution in [3.63, 3.8) is 0 Å². The molecule has 0 bridgehead atoms. The Kier molecular flexibility index (Phi) is 3.76. The van der Waals surface area contributed by atoms with Crippen LogP contribution in [-0.4, -0.2) is 27.9 Å². The lowest BCUT2D eigenvalue weighted by molar-refractivity contribution is 0.648. The SMILES string of the molecule is Cc1sc2ncnc(N3CCCC3CCBr)c2c1C. The summed E-state index contributed by atoms with van der Waals surface area (Å²) in [5.41, 5.74) is 1.35. The van der Waals surface area contributed by atoms with E-state index in [9.17, 15) is 0 Å². The van der Waals surface area contributed by atoms with E-state index in [1.54, 1.807) is 17.7 Å². The van der Waals surface area contributed by atoms with Crippen molar-refractivity contribution >= 4 is 43.3 Å². The molecule has 0 aliphatic carbocycles. The standard InChI is InChI=1S/C14H18BrN3S/c1-9-10(2)19-14-12(9)13(16-8-17-14)18-7-3-4-11(18)5-6-15/h8,11H,3-7H2,1-2H3. The molecule has 19 heavy (non-hydrogen) atoms. The maximum absolute atomic E-state index is 4.60. The third-order valence-electron chi connectivity index (χ3n) is 4.04. The number of nitrogens with zero attached hydrogens (tertiary/aromatic N) is 3. The zero-order valence-electron chi connectivity index (χ0n) is 11.3. The van der Waals surface area contributed by atoms with Gasteiger partial charge in [0.1, 0.15) is 17.0 Å². The van der Waals surface area contributed by atoms with Gasteiger partial charge in [-0.1, -0.05) is 15.9 Å². The smallest absolute Gasteiger partial charge is 0.141 e. The van der Waals surface area contributed by atoms with Crippen LogP contribution in [-0.2, 0) is 0 Å². The van der Waals surface area contributed by atoms with Gasteiger partial charge in [0.15, 0.2) is 0 Å². The largest absolute Gasteiger partial charge is 0.353 e. The van der Waals surface area contributed by atoms with Crippen molar-refractivity contribution in [1.29, 1.82) is 0 Å². The highest BCUT2D eigenvalue weighted by molar-refractivity contribution is 9.09. The van der Waals surface area contributed by atoms with Crippen LogP contribution in [0.15, 0.2) is 6.33 Å². The van der Waals surface area contributed by atoms with Gasteiger partial charge in [-0.2, -0.15) is 0 Å². The van der Waals surface area contributed by atoms with Crippen molar-refractivity contribution in [1.82, 2.24) is 9.97 Å². The fraction of sp³-hybridized carbons (Fsp3) is 0.571. The van der Waals surface area contributed by atoms with Gasteiger partial charge in [0.2, 0.25) is 0 Å². The predicted octanol–water partition coefficient (Wildman–Crippen LogP) is 4.06. The predicted molar refractivity (Wildman–Crippen MR) is 85.7 cm³/mol. The van der Waals surface area contributed by atoms with Crippen molar-refractivity contribution in [2.24, 2.45) is 0 Å². The highest BCUT2D eigenvalue weighted by Gasteiger charge is 2.27. The number of alkyl halides is 1. The summed E-state index contributed by atoms with van der Waals surface area (Å²) in [4.78, 5) is 14.0. The van der Waals surface area contributed by atoms with Crippen LogP contribution in [0.25, 0.3) is 10.2 Å². The number of rotatable bonds is 3. The van der Waals surface area contributed by atoms with E-state index in [2.05, 4.69) is 44.6 Å². The Balaban J connectivity index is 2.09. The zero-order valence-corrected chi connectivity index (χ0v) is 13.7. The van der Waals surface area contributed by atoms with Gasteiger partial charge in [0, 0.05) is 22.8 Å². The van der Waals surface area contributed by atoms with Gasteiger partial charge in [-0.3, -0.25) is 0 Å². The maximum atomic E-state index is 4.60. The molecule has 0 radical (unpaired) electrons. The zero-order chi connectivity index (χ0) is 13.4. The van der Waals surface area contributed by atoms with Gasteiger partial charge in [0.05, 0.1) is 5.39 Å². The lowest BCUT2D eigenvalue weighted by Crippen LogP contribution is -2.30. The molecule has 0 spiro atoms. The van der Waals surface area contributed by atoms with Crippen molar-refractivity contribution in [3.8, 4) is 0 Å². The quantitative estimate of drug-likeness (QED) is 0.789. The second kappa shape index (κ2) is 5.37. The Morgan fingerprint density at radius 2 is 2.26 bits per heavy atom. The number of aromatic nitrogens is 2. The molecule has 0 amide bonds. The van der Waals surface area contributed by atoms with Crippen molar-refractivity contribution < 1.29 is 0 Å². The van der Waals surface area contributed by atoms with E-state index in [0.717, 1.165) is 22.5 Å². The molecule has 3 rings (SSSR count). The minimum absolute atomic E-state index is 0.622. The van der Waals surface area contributed by atoms with E-state index in [0.29, 0.717) is 6.04 Å². The van der Waals surface area contributed by atoms with Crippen LogP contribution in [0, 0.1) is 13.8 Å². The first kappa shape index (κ1) is 13.3. The lowest BCUT2D eigenvalue weighted by atomic mass is 10.1. The van der Waals surface area contributed by atoms with E-state index in [1.165, 1.54) is 35.1 Å². The molecular formula is C14H18BrN3S. The first-order chi connectivity index (χ1) is 9.22. The molecule has 0 N–H and O–H groups in total. The van der Waals surface area contributed by atoms with E-state index < -0.39 is 0 Å². The molecule has 1 aliphatic rings. The van der Waals surface area contributed by atoms with Gasteiger partial charge in [0.25, 0.3) is 0 Å². The van der Waals surface area contributed by atoms with Crippen LogP contribution < -0.4 is 4.90 Å². The summed E-state index contributed by atoms with van der Waals surface area (Å²) >= 11 is 5.35. The first-order valence-electron chi connectivity index (χ1n) is 6.75. The first-order valence-corrected chi connectivity index (χ1v) is 8.69. The van der Waals surface area contributed by atoms with Crippen LogP contribution in [0.5, 0.6) is 0 Å².